The highest BCUT2D eigenvalue weighted by Gasteiger charge is 2.45. The third-order valence-corrected chi connectivity index (χ3v) is 5.40. The Kier molecular flexibility index (Phi) is 7.13. The van der Waals surface area contributed by atoms with Gasteiger partial charge in [0, 0.05) is 19.2 Å². The maximum atomic E-state index is 13.0. The molecule has 0 spiro atoms. The number of rotatable bonds is 8. The molecule has 1 unspecified atom stereocenters. The van der Waals surface area contributed by atoms with Crippen molar-refractivity contribution < 1.29 is 24.2 Å². The minimum atomic E-state index is -0.692. The number of likely N-dealkylation sites (tertiary alicyclic amines) is 1. The molecule has 2 aromatic carbocycles. The highest BCUT2D eigenvalue weighted by Crippen LogP contribution is 2.40. The first-order valence-corrected chi connectivity index (χ1v) is 10.5. The van der Waals surface area contributed by atoms with Crippen molar-refractivity contribution in [3.05, 3.63) is 70.8 Å². The molecule has 6 heteroatoms. The molecule has 1 atom stereocenters. The molecular weight excluding hydrogens is 394 g/mol. The summed E-state index contributed by atoms with van der Waals surface area (Å²) in [6.07, 6.45) is 0. The summed E-state index contributed by atoms with van der Waals surface area (Å²) in [6.45, 7) is 7.06. The zero-order valence-corrected chi connectivity index (χ0v) is 18.4. The lowest BCUT2D eigenvalue weighted by Gasteiger charge is -2.25. The summed E-state index contributed by atoms with van der Waals surface area (Å²) < 4.78 is 10.8. The molecule has 1 fully saturated rings. The number of nitrogens with zero attached hydrogens (tertiary/aromatic N) is 1. The van der Waals surface area contributed by atoms with Gasteiger partial charge in [-0.3, -0.25) is 9.59 Å². The van der Waals surface area contributed by atoms with E-state index >= 15 is 0 Å². The molecule has 6 nitrogen and oxygen atoms in total. The van der Waals surface area contributed by atoms with Crippen LogP contribution < -0.4 is 4.74 Å². The molecule has 164 valence electrons. The molecule has 0 bridgehead atoms. The summed E-state index contributed by atoms with van der Waals surface area (Å²) in [6, 6.07) is 13.9. The van der Waals surface area contributed by atoms with E-state index in [4.69, 9.17) is 9.47 Å². The number of carbonyl (C=O) groups is 2. The molecule has 1 N–H and O–H groups in total. The number of ether oxygens (including phenoxy) is 2. The monoisotopic (exact) mass is 423 g/mol. The van der Waals surface area contributed by atoms with Crippen molar-refractivity contribution in [1.82, 2.24) is 4.90 Å². The van der Waals surface area contributed by atoms with Crippen molar-refractivity contribution in [2.45, 2.75) is 32.7 Å². The second kappa shape index (κ2) is 9.79. The van der Waals surface area contributed by atoms with Gasteiger partial charge in [-0.25, -0.2) is 0 Å². The Hall–Kier alpha value is -3.12. The van der Waals surface area contributed by atoms with Gasteiger partial charge in [0.2, 0.25) is 0 Å². The van der Waals surface area contributed by atoms with Gasteiger partial charge in [-0.15, -0.1) is 0 Å². The minimum absolute atomic E-state index is 0.0890. The molecule has 0 saturated carbocycles. The van der Waals surface area contributed by atoms with Crippen molar-refractivity contribution in [3.8, 4) is 5.75 Å². The molecule has 0 aliphatic carbocycles. The average Bonchev–Trinajstić information content (AvgIpc) is 3.02. The summed E-state index contributed by atoms with van der Waals surface area (Å²) in [5.41, 5.74) is 2.26. The number of ketones is 1. The molecule has 1 saturated heterocycles. The van der Waals surface area contributed by atoms with Crippen LogP contribution in [0.4, 0.5) is 0 Å². The summed E-state index contributed by atoms with van der Waals surface area (Å²) in [5.74, 6) is -0.612. The van der Waals surface area contributed by atoms with Crippen molar-refractivity contribution in [3.63, 3.8) is 0 Å². The van der Waals surface area contributed by atoms with E-state index in [1.807, 2.05) is 57.2 Å². The van der Waals surface area contributed by atoms with E-state index in [2.05, 4.69) is 0 Å². The van der Waals surface area contributed by atoms with E-state index in [1.54, 1.807) is 19.2 Å². The highest BCUT2D eigenvalue weighted by atomic mass is 16.5. The Morgan fingerprint density at radius 2 is 1.84 bits per heavy atom. The first kappa shape index (κ1) is 22.6. The molecule has 0 aromatic heterocycles. The van der Waals surface area contributed by atoms with Crippen LogP contribution in [0.3, 0.4) is 0 Å². The molecule has 31 heavy (non-hydrogen) atoms. The number of benzene rings is 2. The van der Waals surface area contributed by atoms with Crippen LogP contribution in [-0.2, 0) is 14.3 Å². The fourth-order valence-corrected chi connectivity index (χ4v) is 3.87. The van der Waals surface area contributed by atoms with Crippen LogP contribution in [-0.4, -0.2) is 48.6 Å². The molecule has 3 rings (SSSR count). The first-order chi connectivity index (χ1) is 14.9. The van der Waals surface area contributed by atoms with Gasteiger partial charge < -0.3 is 19.5 Å². The zero-order chi connectivity index (χ0) is 22.5. The van der Waals surface area contributed by atoms with E-state index in [1.165, 1.54) is 4.90 Å². The van der Waals surface area contributed by atoms with Gasteiger partial charge in [0.1, 0.15) is 11.5 Å². The number of hydrogen-bond donors (Lipinski definition) is 1. The normalized spacial score (nSPS) is 18.1. The number of amides is 1. The van der Waals surface area contributed by atoms with Crippen molar-refractivity contribution in [2.75, 3.05) is 26.9 Å². The third kappa shape index (κ3) is 4.49. The van der Waals surface area contributed by atoms with Gasteiger partial charge in [0.05, 0.1) is 24.8 Å². The number of methoxy groups -OCH3 is 1. The minimum Gasteiger partial charge on any atom is -0.507 e. The molecular formula is C25H29NO5. The van der Waals surface area contributed by atoms with Crippen LogP contribution in [0, 0.1) is 0 Å². The maximum Gasteiger partial charge on any atom is 0.295 e. The second-order valence-corrected chi connectivity index (χ2v) is 7.74. The molecule has 2 aromatic rings. The zero-order valence-electron chi connectivity index (χ0n) is 18.4. The number of Topliss-reactive ketones (excluding diaryl/α,β-unsaturated/α-hetero) is 1. The van der Waals surface area contributed by atoms with Crippen LogP contribution in [0.15, 0.2) is 54.1 Å². The quantitative estimate of drug-likeness (QED) is 0.390. The van der Waals surface area contributed by atoms with Crippen LogP contribution in [0.5, 0.6) is 5.75 Å². The van der Waals surface area contributed by atoms with Crippen molar-refractivity contribution in [2.24, 2.45) is 0 Å². The smallest absolute Gasteiger partial charge is 0.295 e. The Bertz CT molecular complexity index is 981. The van der Waals surface area contributed by atoms with Crippen molar-refractivity contribution in [1.29, 1.82) is 0 Å². The lowest BCUT2D eigenvalue weighted by molar-refractivity contribution is -0.140. The number of aliphatic hydroxyl groups excluding tert-OH is 1. The second-order valence-electron chi connectivity index (χ2n) is 7.74. The predicted octanol–water partition coefficient (Wildman–Crippen LogP) is 4.28. The Balaban J connectivity index is 2.15. The van der Waals surface area contributed by atoms with Crippen LogP contribution in [0.1, 0.15) is 49.4 Å². The SMILES string of the molecule is CCOc1ccc(/C(O)=C2/C(=O)C(=O)N(CCOC)C2c2ccccc2)cc1C(C)C. The maximum absolute atomic E-state index is 13.0. The van der Waals surface area contributed by atoms with E-state index in [0.717, 1.165) is 16.9 Å². The lowest BCUT2D eigenvalue weighted by atomic mass is 9.93. The van der Waals surface area contributed by atoms with E-state index in [9.17, 15) is 14.7 Å². The number of hydrogen-bond acceptors (Lipinski definition) is 5. The molecule has 1 aliphatic heterocycles. The standard InChI is InChI=1S/C25H29NO5/c1-5-31-20-12-11-18(15-19(20)16(2)3)23(27)21-22(17-9-7-6-8-10-17)26(13-14-30-4)25(29)24(21)28/h6-12,15-16,22,27H,5,13-14H2,1-4H3/b23-21-. The first-order valence-electron chi connectivity index (χ1n) is 10.5. The largest absolute Gasteiger partial charge is 0.507 e. The molecule has 0 radical (unpaired) electrons. The fraction of sp³-hybridized carbons (Fsp3) is 0.360. The van der Waals surface area contributed by atoms with Gasteiger partial charge >= 0.3 is 0 Å². The summed E-state index contributed by atoms with van der Waals surface area (Å²) in [4.78, 5) is 27.3. The third-order valence-electron chi connectivity index (χ3n) is 5.40. The molecule has 1 amide bonds. The summed E-state index contributed by atoms with van der Waals surface area (Å²) in [5, 5.41) is 11.2. The van der Waals surface area contributed by atoms with Crippen LogP contribution >= 0.6 is 0 Å². The molecule has 1 aliphatic rings. The fourth-order valence-electron chi connectivity index (χ4n) is 3.87. The topological polar surface area (TPSA) is 76.1 Å². The van der Waals surface area contributed by atoms with E-state index < -0.39 is 17.7 Å². The molecule has 1 heterocycles. The van der Waals surface area contributed by atoms with Crippen LogP contribution in [0.25, 0.3) is 5.76 Å². The van der Waals surface area contributed by atoms with Crippen LogP contribution in [0.2, 0.25) is 0 Å². The van der Waals surface area contributed by atoms with Gasteiger partial charge in [-0.05, 0) is 42.2 Å². The Morgan fingerprint density at radius 1 is 1.13 bits per heavy atom. The number of aliphatic hydroxyl groups is 1. The average molecular weight is 424 g/mol. The van der Waals surface area contributed by atoms with E-state index in [0.29, 0.717) is 12.2 Å². The Labute approximate surface area is 183 Å². The van der Waals surface area contributed by atoms with E-state index in [-0.39, 0.29) is 30.4 Å². The van der Waals surface area contributed by atoms with Gasteiger partial charge in [0.25, 0.3) is 11.7 Å². The van der Waals surface area contributed by atoms with Gasteiger partial charge in [-0.1, -0.05) is 44.2 Å². The predicted molar refractivity (Wildman–Crippen MR) is 119 cm³/mol. The van der Waals surface area contributed by atoms with Gasteiger partial charge in [0.15, 0.2) is 0 Å². The lowest BCUT2D eigenvalue weighted by Crippen LogP contribution is -2.32. The summed E-state index contributed by atoms with van der Waals surface area (Å²) >= 11 is 0. The summed E-state index contributed by atoms with van der Waals surface area (Å²) in [7, 11) is 1.54. The van der Waals surface area contributed by atoms with Gasteiger partial charge in [-0.2, -0.15) is 0 Å². The van der Waals surface area contributed by atoms with Crippen molar-refractivity contribution >= 4 is 17.4 Å². The number of carbonyl (C=O) groups excluding carboxylic acids is 2. The Morgan fingerprint density at radius 3 is 2.45 bits per heavy atom. The highest BCUT2D eigenvalue weighted by molar-refractivity contribution is 6.46.